The van der Waals surface area contributed by atoms with Crippen LogP contribution in [0.25, 0.3) is 0 Å². The quantitative estimate of drug-likeness (QED) is 0.556. The average Bonchev–Trinajstić information content (AvgIpc) is 3.52. The lowest BCUT2D eigenvalue weighted by Crippen LogP contribution is -2.47. The fraction of sp³-hybridized carbons (Fsp3) is 0.261. The van der Waals surface area contributed by atoms with Gasteiger partial charge in [-0.3, -0.25) is 14.5 Å². The number of amides is 4. The highest BCUT2D eigenvalue weighted by atomic mass is 32.1. The summed E-state index contributed by atoms with van der Waals surface area (Å²) in [6.07, 6.45) is 2.20. The standard InChI is InChI=1S/C23H20FN3O3S2/c24-15-7-5-14(6-8-15)20(18-4-2-11-31-18)25-19(28)13-27-21(29)23(26-22(27)30)10-1-3-17-16(23)9-12-32-17/h2,4-9,11-12,20H,1,3,10,13H2,(H,25,28)(H,26,30)/t20-,23-/m0/s1. The number of fused-ring (bicyclic) bond motifs is 2. The maximum absolute atomic E-state index is 13.4. The van der Waals surface area contributed by atoms with Gasteiger partial charge in [-0.15, -0.1) is 22.7 Å². The molecule has 32 heavy (non-hydrogen) atoms. The predicted octanol–water partition coefficient (Wildman–Crippen LogP) is 3.94. The molecule has 4 amide bonds. The summed E-state index contributed by atoms with van der Waals surface area (Å²) < 4.78 is 13.4. The molecule has 0 saturated carbocycles. The molecule has 0 bridgehead atoms. The van der Waals surface area contributed by atoms with Crippen LogP contribution in [0.1, 0.15) is 39.8 Å². The molecule has 3 heterocycles. The minimum Gasteiger partial charge on any atom is -0.343 e. The van der Waals surface area contributed by atoms with E-state index < -0.39 is 23.5 Å². The third-order valence-electron chi connectivity index (χ3n) is 5.97. The number of nitrogens with zero attached hydrogens (tertiary/aromatic N) is 1. The highest BCUT2D eigenvalue weighted by Gasteiger charge is 2.54. The molecule has 0 unspecified atom stereocenters. The molecule has 5 rings (SSSR count). The Morgan fingerprint density at radius 3 is 2.72 bits per heavy atom. The van der Waals surface area contributed by atoms with Gasteiger partial charge < -0.3 is 10.6 Å². The first kappa shape index (κ1) is 20.8. The van der Waals surface area contributed by atoms with E-state index in [0.717, 1.165) is 33.1 Å². The Morgan fingerprint density at radius 2 is 1.97 bits per heavy atom. The van der Waals surface area contributed by atoms with Gasteiger partial charge in [-0.25, -0.2) is 9.18 Å². The third kappa shape index (κ3) is 3.51. The number of aryl methyl sites for hydroxylation is 1. The van der Waals surface area contributed by atoms with E-state index in [1.807, 2.05) is 29.0 Å². The van der Waals surface area contributed by atoms with Crippen LogP contribution in [-0.4, -0.2) is 29.3 Å². The van der Waals surface area contributed by atoms with Crippen molar-refractivity contribution in [2.45, 2.75) is 30.8 Å². The van der Waals surface area contributed by atoms with E-state index in [0.29, 0.717) is 12.0 Å². The zero-order valence-corrected chi connectivity index (χ0v) is 18.6. The van der Waals surface area contributed by atoms with Crippen LogP contribution in [0.3, 0.4) is 0 Å². The summed E-state index contributed by atoms with van der Waals surface area (Å²) in [4.78, 5) is 42.0. The summed E-state index contributed by atoms with van der Waals surface area (Å²) in [5.41, 5.74) is 0.485. The van der Waals surface area contributed by atoms with Gasteiger partial charge >= 0.3 is 6.03 Å². The van der Waals surface area contributed by atoms with Crippen LogP contribution in [0.2, 0.25) is 0 Å². The normalized spacial score (nSPS) is 20.8. The minimum atomic E-state index is -1.07. The maximum Gasteiger partial charge on any atom is 0.325 e. The van der Waals surface area contributed by atoms with Crippen molar-refractivity contribution >= 4 is 40.5 Å². The van der Waals surface area contributed by atoms with Crippen LogP contribution in [0.5, 0.6) is 0 Å². The van der Waals surface area contributed by atoms with Crippen LogP contribution in [0.15, 0.2) is 53.2 Å². The Bertz CT molecular complexity index is 1180. The molecule has 1 aliphatic heterocycles. The molecule has 2 N–H and O–H groups in total. The summed E-state index contributed by atoms with van der Waals surface area (Å²) in [6, 6.07) is 10.5. The lowest BCUT2D eigenvalue weighted by Gasteiger charge is -2.31. The number of halogens is 1. The molecule has 1 saturated heterocycles. The zero-order chi connectivity index (χ0) is 22.3. The number of nitrogens with one attached hydrogen (secondary N) is 2. The lowest BCUT2D eigenvalue weighted by molar-refractivity contribution is -0.135. The van der Waals surface area contributed by atoms with Crippen molar-refractivity contribution in [2.24, 2.45) is 0 Å². The van der Waals surface area contributed by atoms with Crippen LogP contribution in [-0.2, 0) is 21.5 Å². The number of carbonyl (C=O) groups is 3. The molecule has 9 heteroatoms. The maximum atomic E-state index is 13.4. The second kappa shape index (κ2) is 8.14. The predicted molar refractivity (Wildman–Crippen MR) is 120 cm³/mol. The SMILES string of the molecule is O=C(CN1C(=O)N[C@]2(CCCc3sccc32)C1=O)N[C@@H](c1ccc(F)cc1)c1cccs1. The van der Waals surface area contributed by atoms with E-state index in [2.05, 4.69) is 10.6 Å². The largest absolute Gasteiger partial charge is 0.343 e. The molecule has 1 spiro atoms. The summed E-state index contributed by atoms with van der Waals surface area (Å²) >= 11 is 3.04. The van der Waals surface area contributed by atoms with Crippen molar-refractivity contribution in [2.75, 3.05) is 6.54 Å². The third-order valence-corrected chi connectivity index (χ3v) is 7.89. The topological polar surface area (TPSA) is 78.5 Å². The Kier molecular flexibility index (Phi) is 5.30. The van der Waals surface area contributed by atoms with Crippen molar-refractivity contribution in [1.29, 1.82) is 0 Å². The Morgan fingerprint density at radius 1 is 1.16 bits per heavy atom. The van der Waals surface area contributed by atoms with Crippen LogP contribution < -0.4 is 10.6 Å². The number of thiophene rings is 2. The smallest absolute Gasteiger partial charge is 0.325 e. The molecule has 0 radical (unpaired) electrons. The zero-order valence-electron chi connectivity index (χ0n) is 17.0. The molecule has 1 fully saturated rings. The molecule has 1 aliphatic carbocycles. The van der Waals surface area contributed by atoms with Gasteiger partial charge in [0.25, 0.3) is 5.91 Å². The first-order valence-corrected chi connectivity index (χ1v) is 12.0. The number of hydrogen-bond acceptors (Lipinski definition) is 5. The lowest BCUT2D eigenvalue weighted by atomic mass is 9.80. The molecule has 2 aliphatic rings. The van der Waals surface area contributed by atoms with Crippen molar-refractivity contribution in [3.63, 3.8) is 0 Å². The van der Waals surface area contributed by atoms with Gasteiger partial charge in [0.05, 0.1) is 6.04 Å². The van der Waals surface area contributed by atoms with Gasteiger partial charge in [0, 0.05) is 15.3 Å². The van der Waals surface area contributed by atoms with Gasteiger partial charge in [-0.05, 0) is 59.9 Å². The van der Waals surface area contributed by atoms with Gasteiger partial charge in [-0.1, -0.05) is 18.2 Å². The van der Waals surface area contributed by atoms with Crippen LogP contribution >= 0.6 is 22.7 Å². The van der Waals surface area contributed by atoms with Crippen LogP contribution in [0, 0.1) is 5.82 Å². The summed E-state index contributed by atoms with van der Waals surface area (Å²) in [6.45, 7) is -0.380. The Hall–Kier alpha value is -3.04. The van der Waals surface area contributed by atoms with E-state index in [4.69, 9.17) is 0 Å². The molecule has 6 nitrogen and oxygen atoms in total. The van der Waals surface area contributed by atoms with Gasteiger partial charge in [0.1, 0.15) is 17.9 Å². The number of carbonyl (C=O) groups excluding carboxylic acids is 3. The second-order valence-electron chi connectivity index (χ2n) is 7.91. The van der Waals surface area contributed by atoms with Crippen LogP contribution in [0.4, 0.5) is 9.18 Å². The van der Waals surface area contributed by atoms with E-state index in [1.54, 1.807) is 23.5 Å². The fourth-order valence-electron chi connectivity index (χ4n) is 4.46. The fourth-order valence-corrected chi connectivity index (χ4v) is 6.27. The molecule has 1 aromatic carbocycles. The van der Waals surface area contributed by atoms with Gasteiger partial charge in [-0.2, -0.15) is 0 Å². The van der Waals surface area contributed by atoms with E-state index in [9.17, 15) is 18.8 Å². The van der Waals surface area contributed by atoms with Crippen molar-refractivity contribution in [1.82, 2.24) is 15.5 Å². The Labute approximate surface area is 192 Å². The highest BCUT2D eigenvalue weighted by Crippen LogP contribution is 2.42. The highest BCUT2D eigenvalue weighted by molar-refractivity contribution is 7.10. The molecule has 2 aromatic heterocycles. The molecular weight excluding hydrogens is 449 g/mol. The van der Waals surface area contributed by atoms with Crippen molar-refractivity contribution in [3.8, 4) is 0 Å². The first-order chi connectivity index (χ1) is 15.5. The van der Waals surface area contributed by atoms with Gasteiger partial charge in [0.15, 0.2) is 0 Å². The summed E-state index contributed by atoms with van der Waals surface area (Å²) in [5.74, 6) is -1.21. The Balaban J connectivity index is 1.36. The average molecular weight is 470 g/mol. The van der Waals surface area contributed by atoms with E-state index >= 15 is 0 Å². The van der Waals surface area contributed by atoms with Crippen molar-refractivity contribution in [3.05, 3.63) is 79.9 Å². The molecular formula is C23H20FN3O3S2. The minimum absolute atomic E-state index is 0.366. The number of imide groups is 1. The van der Waals surface area contributed by atoms with E-state index in [-0.39, 0.29) is 18.3 Å². The molecule has 2 atom stereocenters. The molecule has 164 valence electrons. The summed E-state index contributed by atoms with van der Waals surface area (Å²) in [5, 5.41) is 9.59. The number of benzene rings is 1. The number of rotatable bonds is 5. The monoisotopic (exact) mass is 469 g/mol. The molecule has 3 aromatic rings. The van der Waals surface area contributed by atoms with E-state index in [1.165, 1.54) is 23.5 Å². The van der Waals surface area contributed by atoms with Gasteiger partial charge in [0.2, 0.25) is 5.91 Å². The van der Waals surface area contributed by atoms with Crippen molar-refractivity contribution < 1.29 is 18.8 Å². The first-order valence-electron chi connectivity index (χ1n) is 10.3. The second-order valence-corrected chi connectivity index (χ2v) is 9.89. The number of urea groups is 1. The summed E-state index contributed by atoms with van der Waals surface area (Å²) in [7, 11) is 0. The number of hydrogen-bond donors (Lipinski definition) is 2.